The Morgan fingerprint density at radius 3 is 2.64 bits per heavy atom. The molecular weight excluding hydrogens is 366 g/mol. The fraction of sp³-hybridized carbons (Fsp3) is 0.278. The van der Waals surface area contributed by atoms with E-state index >= 15 is 0 Å². The van der Waals surface area contributed by atoms with Crippen LogP contribution < -0.4 is 21.3 Å². The number of rotatable bonds is 3. The van der Waals surface area contributed by atoms with E-state index in [4.69, 9.17) is 11.5 Å². The minimum Gasteiger partial charge on any atom is -0.338 e. The first kappa shape index (κ1) is 18.3. The van der Waals surface area contributed by atoms with Crippen molar-refractivity contribution in [2.75, 3.05) is 9.80 Å². The SMILES string of the molecule is C[C@@H](c1ncc(F)cc1F)N1c2cnccc2C(N)N(c2cn(C)cn2)C1N. The molecule has 8 nitrogen and oxygen atoms in total. The summed E-state index contributed by atoms with van der Waals surface area (Å²) in [5.74, 6) is -0.908. The molecule has 1 aliphatic heterocycles. The van der Waals surface area contributed by atoms with E-state index in [9.17, 15) is 8.78 Å². The van der Waals surface area contributed by atoms with Crippen molar-refractivity contribution in [3.63, 3.8) is 0 Å². The lowest BCUT2D eigenvalue weighted by Gasteiger charge is -2.49. The second kappa shape index (κ2) is 6.80. The molecule has 3 aromatic rings. The van der Waals surface area contributed by atoms with E-state index in [1.807, 2.05) is 7.05 Å². The number of imidazole rings is 1. The lowest BCUT2D eigenvalue weighted by molar-refractivity contribution is 0.432. The zero-order valence-corrected chi connectivity index (χ0v) is 15.4. The molecule has 2 unspecified atom stereocenters. The van der Waals surface area contributed by atoms with Crippen LogP contribution in [0.5, 0.6) is 0 Å². The third-order valence-electron chi connectivity index (χ3n) is 4.90. The number of nitrogens with zero attached hydrogens (tertiary/aromatic N) is 6. The topological polar surface area (TPSA) is 102 Å². The largest absolute Gasteiger partial charge is 0.338 e. The van der Waals surface area contributed by atoms with Crippen molar-refractivity contribution in [1.82, 2.24) is 19.5 Å². The van der Waals surface area contributed by atoms with Gasteiger partial charge in [0.15, 0.2) is 12.1 Å². The molecule has 0 aliphatic carbocycles. The molecule has 0 saturated heterocycles. The van der Waals surface area contributed by atoms with Gasteiger partial charge in [0, 0.05) is 31.1 Å². The second-order valence-electron chi connectivity index (χ2n) is 6.70. The van der Waals surface area contributed by atoms with Gasteiger partial charge >= 0.3 is 0 Å². The van der Waals surface area contributed by atoms with Gasteiger partial charge in [-0.1, -0.05) is 0 Å². The Balaban J connectivity index is 1.83. The minimum atomic E-state index is -0.775. The Labute approximate surface area is 160 Å². The molecule has 4 N–H and O–H groups in total. The molecule has 3 aromatic heterocycles. The van der Waals surface area contributed by atoms with Crippen LogP contribution in [0, 0.1) is 11.6 Å². The first-order chi connectivity index (χ1) is 13.4. The number of aromatic nitrogens is 4. The van der Waals surface area contributed by atoms with Gasteiger partial charge in [-0.15, -0.1) is 0 Å². The van der Waals surface area contributed by atoms with Crippen LogP contribution >= 0.6 is 0 Å². The summed E-state index contributed by atoms with van der Waals surface area (Å²) >= 11 is 0. The van der Waals surface area contributed by atoms with Gasteiger partial charge in [-0.25, -0.2) is 13.8 Å². The molecule has 0 amide bonds. The minimum absolute atomic E-state index is 0.0723. The summed E-state index contributed by atoms with van der Waals surface area (Å²) in [6, 6.07) is 1.98. The number of fused-ring (bicyclic) bond motifs is 1. The number of hydrogen-bond donors (Lipinski definition) is 2. The Morgan fingerprint density at radius 1 is 1.18 bits per heavy atom. The average Bonchev–Trinajstić information content (AvgIpc) is 3.07. The number of anilines is 2. The zero-order valence-electron chi connectivity index (χ0n) is 15.4. The highest BCUT2D eigenvalue weighted by atomic mass is 19.1. The van der Waals surface area contributed by atoms with Crippen molar-refractivity contribution in [3.8, 4) is 0 Å². The monoisotopic (exact) mass is 386 g/mol. The predicted octanol–water partition coefficient (Wildman–Crippen LogP) is 1.78. The standard InChI is InChI=1S/C18H20F2N8/c1-10(16-13(20)5-11(19)6-24-16)27-14-7-23-4-3-12(14)17(21)28(18(27)22)15-8-26(2)9-25-15/h3-10,17-18H,21-22H2,1-2H3/t10-,17?,18?/m0/s1. The molecule has 4 rings (SSSR count). The maximum atomic E-state index is 14.4. The molecule has 0 radical (unpaired) electrons. The number of nitrogens with two attached hydrogens (primary N) is 2. The van der Waals surface area contributed by atoms with Crippen LogP contribution in [0.4, 0.5) is 20.3 Å². The van der Waals surface area contributed by atoms with Crippen molar-refractivity contribution in [3.05, 3.63) is 66.1 Å². The molecule has 3 atom stereocenters. The smallest absolute Gasteiger partial charge is 0.158 e. The second-order valence-corrected chi connectivity index (χ2v) is 6.70. The Bertz CT molecular complexity index is 1010. The van der Waals surface area contributed by atoms with Crippen molar-refractivity contribution in [2.24, 2.45) is 18.5 Å². The van der Waals surface area contributed by atoms with Crippen LogP contribution in [0.3, 0.4) is 0 Å². The van der Waals surface area contributed by atoms with E-state index in [0.717, 1.165) is 17.8 Å². The first-order valence-corrected chi connectivity index (χ1v) is 8.69. The fourth-order valence-corrected chi connectivity index (χ4v) is 3.57. The van der Waals surface area contributed by atoms with Gasteiger partial charge in [0.05, 0.1) is 36.1 Å². The lowest BCUT2D eigenvalue weighted by Crippen LogP contribution is -2.61. The van der Waals surface area contributed by atoms with Crippen LogP contribution in [-0.2, 0) is 7.05 Å². The van der Waals surface area contributed by atoms with Gasteiger partial charge in [0.2, 0.25) is 0 Å². The summed E-state index contributed by atoms with van der Waals surface area (Å²) in [5.41, 5.74) is 14.5. The molecular formula is C18H20F2N8. The van der Waals surface area contributed by atoms with Gasteiger partial charge in [-0.2, -0.15) is 0 Å². The number of pyridine rings is 2. The van der Waals surface area contributed by atoms with E-state index in [-0.39, 0.29) is 5.69 Å². The summed E-state index contributed by atoms with van der Waals surface area (Å²) in [4.78, 5) is 16.0. The summed E-state index contributed by atoms with van der Waals surface area (Å²) in [7, 11) is 1.84. The Kier molecular flexibility index (Phi) is 4.44. The van der Waals surface area contributed by atoms with Crippen LogP contribution in [0.15, 0.2) is 43.2 Å². The summed E-state index contributed by atoms with van der Waals surface area (Å²) in [6.45, 7) is 1.74. The summed E-state index contributed by atoms with van der Waals surface area (Å²) in [5, 5.41) is 0. The Hall–Kier alpha value is -3.11. The normalized spacial score (nSPS) is 20.2. The van der Waals surface area contributed by atoms with Gasteiger partial charge in [-0.3, -0.25) is 15.7 Å². The van der Waals surface area contributed by atoms with E-state index in [1.54, 1.807) is 52.3 Å². The predicted molar refractivity (Wildman–Crippen MR) is 99.9 cm³/mol. The van der Waals surface area contributed by atoms with E-state index in [0.29, 0.717) is 11.5 Å². The number of halogens is 2. The van der Waals surface area contributed by atoms with Gasteiger partial charge in [-0.05, 0) is 13.0 Å². The lowest BCUT2D eigenvalue weighted by atomic mass is 10.0. The highest BCUT2D eigenvalue weighted by molar-refractivity contribution is 5.62. The van der Waals surface area contributed by atoms with Crippen LogP contribution in [-0.4, -0.2) is 25.8 Å². The fourth-order valence-electron chi connectivity index (χ4n) is 3.57. The molecule has 0 aromatic carbocycles. The van der Waals surface area contributed by atoms with Crippen LogP contribution in [0.25, 0.3) is 0 Å². The quantitative estimate of drug-likeness (QED) is 0.707. The molecule has 4 heterocycles. The van der Waals surface area contributed by atoms with Crippen LogP contribution in [0.2, 0.25) is 0 Å². The summed E-state index contributed by atoms with van der Waals surface area (Å²) in [6.07, 6.45) is 6.34. The maximum absolute atomic E-state index is 14.4. The molecule has 0 saturated carbocycles. The molecule has 0 bridgehead atoms. The van der Waals surface area contributed by atoms with Gasteiger partial charge in [0.1, 0.15) is 17.8 Å². The highest BCUT2D eigenvalue weighted by Crippen LogP contribution is 2.40. The van der Waals surface area contributed by atoms with Crippen molar-refractivity contribution < 1.29 is 8.78 Å². The van der Waals surface area contributed by atoms with E-state index in [1.165, 1.54) is 0 Å². The third-order valence-corrected chi connectivity index (χ3v) is 4.90. The summed E-state index contributed by atoms with van der Waals surface area (Å²) < 4.78 is 29.5. The van der Waals surface area contributed by atoms with Crippen molar-refractivity contribution >= 4 is 11.5 Å². The van der Waals surface area contributed by atoms with Gasteiger partial charge in [0.25, 0.3) is 0 Å². The van der Waals surface area contributed by atoms with E-state index in [2.05, 4.69) is 15.0 Å². The molecule has 10 heteroatoms. The van der Waals surface area contributed by atoms with Crippen molar-refractivity contribution in [1.29, 1.82) is 0 Å². The Morgan fingerprint density at radius 2 is 1.96 bits per heavy atom. The molecule has 146 valence electrons. The highest BCUT2D eigenvalue weighted by Gasteiger charge is 2.40. The molecule has 28 heavy (non-hydrogen) atoms. The molecule has 1 aliphatic rings. The van der Waals surface area contributed by atoms with E-state index < -0.39 is 30.1 Å². The zero-order chi connectivity index (χ0) is 20.0. The van der Waals surface area contributed by atoms with Crippen molar-refractivity contribution in [2.45, 2.75) is 25.4 Å². The molecule has 0 spiro atoms. The van der Waals surface area contributed by atoms with Gasteiger partial charge < -0.3 is 20.1 Å². The average molecular weight is 386 g/mol. The third kappa shape index (κ3) is 2.86. The molecule has 0 fully saturated rings. The first-order valence-electron chi connectivity index (χ1n) is 8.69. The van der Waals surface area contributed by atoms with Crippen LogP contribution in [0.1, 0.15) is 30.4 Å². The number of aryl methyl sites for hydroxylation is 1. The maximum Gasteiger partial charge on any atom is 0.158 e. The number of hydrogen-bond acceptors (Lipinski definition) is 7.